The third kappa shape index (κ3) is 2.83. The van der Waals surface area contributed by atoms with Gasteiger partial charge in [0.2, 0.25) is 5.88 Å². The number of Topliss-reactive ketones (excluding diaryl/α,β-unsaturated/α-hetero) is 1. The molecule has 1 aromatic carbocycles. The van der Waals surface area contributed by atoms with E-state index in [1.807, 2.05) is 24.3 Å². The van der Waals surface area contributed by atoms with Crippen molar-refractivity contribution in [2.45, 2.75) is 25.5 Å². The predicted octanol–water partition coefficient (Wildman–Crippen LogP) is 1.94. The number of methoxy groups -OCH3 is 1. The number of hydrogen-bond donors (Lipinski definition) is 1. The first-order valence-electron chi connectivity index (χ1n) is 7.00. The van der Waals surface area contributed by atoms with Crippen molar-refractivity contribution < 1.29 is 14.3 Å². The van der Waals surface area contributed by atoms with Gasteiger partial charge in [-0.1, -0.05) is 0 Å². The van der Waals surface area contributed by atoms with Crippen molar-refractivity contribution in [2.75, 3.05) is 13.7 Å². The quantitative estimate of drug-likeness (QED) is 0.930. The Kier molecular flexibility index (Phi) is 3.75. The molecule has 110 valence electrons. The van der Waals surface area contributed by atoms with E-state index in [-0.39, 0.29) is 17.9 Å². The predicted molar refractivity (Wildman–Crippen MR) is 79.8 cm³/mol. The first kappa shape index (κ1) is 13.8. The monoisotopic (exact) mass is 286 g/mol. The Morgan fingerprint density at radius 3 is 2.95 bits per heavy atom. The minimum Gasteiger partial charge on any atom is -0.497 e. The van der Waals surface area contributed by atoms with E-state index in [1.165, 1.54) is 0 Å². The average molecular weight is 286 g/mol. The normalized spacial score (nSPS) is 21.4. The number of ether oxygens (including phenoxy) is 2. The second-order valence-electron chi connectivity index (χ2n) is 5.25. The number of fused-ring (bicyclic) bond motifs is 1. The van der Waals surface area contributed by atoms with Crippen LogP contribution in [0.1, 0.15) is 13.3 Å². The van der Waals surface area contributed by atoms with Crippen molar-refractivity contribution in [3.05, 3.63) is 30.5 Å². The molecule has 0 radical (unpaired) electrons. The molecule has 1 aliphatic heterocycles. The minimum absolute atomic E-state index is 0.0286. The van der Waals surface area contributed by atoms with Gasteiger partial charge in [0.1, 0.15) is 17.6 Å². The number of aromatic nitrogens is 1. The zero-order valence-corrected chi connectivity index (χ0v) is 12.1. The standard InChI is InChI=1S/C16H18N2O3/c1-10(19)15-8-13(9-18-15)21-16-14-4-3-12(20-2)7-11(14)5-6-17-16/h3-7,13,15,18H,8-9H2,1-2H3/t13-,15+/m1/s1. The second kappa shape index (κ2) is 5.69. The van der Waals surface area contributed by atoms with E-state index in [1.54, 1.807) is 20.2 Å². The number of benzene rings is 1. The Bertz CT molecular complexity index is 672. The van der Waals surface area contributed by atoms with Gasteiger partial charge in [-0.3, -0.25) is 4.79 Å². The summed E-state index contributed by atoms with van der Waals surface area (Å²) < 4.78 is 11.2. The molecule has 1 N–H and O–H groups in total. The molecule has 0 aliphatic carbocycles. The molecule has 1 fully saturated rings. The lowest BCUT2D eigenvalue weighted by Crippen LogP contribution is -2.28. The molecule has 1 aliphatic rings. The van der Waals surface area contributed by atoms with Crippen LogP contribution < -0.4 is 14.8 Å². The topological polar surface area (TPSA) is 60.5 Å². The number of hydrogen-bond acceptors (Lipinski definition) is 5. The van der Waals surface area contributed by atoms with Gasteiger partial charge in [-0.2, -0.15) is 0 Å². The summed E-state index contributed by atoms with van der Waals surface area (Å²) in [6.07, 6.45) is 2.38. The maximum absolute atomic E-state index is 11.4. The molecule has 5 heteroatoms. The molecule has 0 amide bonds. The van der Waals surface area contributed by atoms with Crippen LogP contribution in [0, 0.1) is 0 Å². The summed E-state index contributed by atoms with van der Waals surface area (Å²) in [5.41, 5.74) is 0. The Morgan fingerprint density at radius 1 is 1.38 bits per heavy atom. The number of ketones is 1. The molecule has 2 heterocycles. The van der Waals surface area contributed by atoms with Crippen LogP contribution in [0.3, 0.4) is 0 Å². The van der Waals surface area contributed by atoms with Crippen molar-refractivity contribution in [3.63, 3.8) is 0 Å². The lowest BCUT2D eigenvalue weighted by molar-refractivity contribution is -0.118. The van der Waals surface area contributed by atoms with Crippen LogP contribution in [-0.4, -0.2) is 36.6 Å². The highest BCUT2D eigenvalue weighted by atomic mass is 16.5. The van der Waals surface area contributed by atoms with E-state index < -0.39 is 0 Å². The van der Waals surface area contributed by atoms with E-state index in [0.717, 1.165) is 16.5 Å². The van der Waals surface area contributed by atoms with Crippen LogP contribution in [0.4, 0.5) is 0 Å². The molecular formula is C16H18N2O3. The van der Waals surface area contributed by atoms with Gasteiger partial charge in [-0.15, -0.1) is 0 Å². The molecule has 1 saturated heterocycles. The molecule has 0 bridgehead atoms. The van der Waals surface area contributed by atoms with Crippen LogP contribution >= 0.6 is 0 Å². The van der Waals surface area contributed by atoms with Crippen molar-refractivity contribution >= 4 is 16.6 Å². The fourth-order valence-corrected chi connectivity index (χ4v) is 2.61. The van der Waals surface area contributed by atoms with Gasteiger partial charge in [0.25, 0.3) is 0 Å². The van der Waals surface area contributed by atoms with E-state index in [9.17, 15) is 4.79 Å². The summed E-state index contributed by atoms with van der Waals surface area (Å²) in [7, 11) is 1.64. The van der Waals surface area contributed by atoms with Gasteiger partial charge in [0.15, 0.2) is 0 Å². The number of nitrogens with one attached hydrogen (secondary N) is 1. The highest BCUT2D eigenvalue weighted by Gasteiger charge is 2.28. The van der Waals surface area contributed by atoms with E-state index in [0.29, 0.717) is 18.8 Å². The first-order chi connectivity index (χ1) is 10.2. The van der Waals surface area contributed by atoms with Gasteiger partial charge in [0, 0.05) is 24.5 Å². The highest BCUT2D eigenvalue weighted by molar-refractivity contribution is 5.88. The van der Waals surface area contributed by atoms with Gasteiger partial charge >= 0.3 is 0 Å². The van der Waals surface area contributed by atoms with Gasteiger partial charge in [-0.25, -0.2) is 4.98 Å². The average Bonchev–Trinajstić information content (AvgIpc) is 2.96. The molecule has 3 rings (SSSR count). The summed E-state index contributed by atoms with van der Waals surface area (Å²) in [6.45, 7) is 2.26. The number of nitrogens with zero attached hydrogens (tertiary/aromatic N) is 1. The van der Waals surface area contributed by atoms with E-state index in [4.69, 9.17) is 9.47 Å². The molecule has 0 spiro atoms. The second-order valence-corrected chi connectivity index (χ2v) is 5.25. The lowest BCUT2D eigenvalue weighted by Gasteiger charge is -2.14. The van der Waals surface area contributed by atoms with Gasteiger partial charge < -0.3 is 14.8 Å². The summed E-state index contributed by atoms with van der Waals surface area (Å²) in [5, 5.41) is 5.14. The molecule has 5 nitrogen and oxygen atoms in total. The summed E-state index contributed by atoms with van der Waals surface area (Å²) in [5.74, 6) is 1.56. The Balaban J connectivity index is 1.83. The Morgan fingerprint density at radius 2 is 2.24 bits per heavy atom. The van der Waals surface area contributed by atoms with E-state index >= 15 is 0 Å². The maximum Gasteiger partial charge on any atom is 0.221 e. The molecular weight excluding hydrogens is 268 g/mol. The van der Waals surface area contributed by atoms with Crippen LogP contribution in [0.15, 0.2) is 30.5 Å². The summed E-state index contributed by atoms with van der Waals surface area (Å²) in [4.78, 5) is 15.7. The van der Waals surface area contributed by atoms with Gasteiger partial charge in [0.05, 0.1) is 13.2 Å². The van der Waals surface area contributed by atoms with Crippen LogP contribution in [0.25, 0.3) is 10.8 Å². The Labute approximate surface area is 123 Å². The number of carbonyl (C=O) groups is 1. The summed E-state index contributed by atoms with van der Waals surface area (Å²) >= 11 is 0. The van der Waals surface area contributed by atoms with Crippen LogP contribution in [0.5, 0.6) is 11.6 Å². The van der Waals surface area contributed by atoms with Crippen LogP contribution in [-0.2, 0) is 4.79 Å². The maximum atomic E-state index is 11.4. The highest BCUT2D eigenvalue weighted by Crippen LogP contribution is 2.28. The molecule has 21 heavy (non-hydrogen) atoms. The third-order valence-electron chi connectivity index (χ3n) is 3.79. The molecule has 2 atom stereocenters. The molecule has 0 unspecified atom stereocenters. The molecule has 1 aromatic heterocycles. The zero-order chi connectivity index (χ0) is 14.8. The zero-order valence-electron chi connectivity index (χ0n) is 12.1. The molecule has 2 aromatic rings. The van der Waals surface area contributed by atoms with Crippen molar-refractivity contribution in [1.29, 1.82) is 0 Å². The van der Waals surface area contributed by atoms with Crippen molar-refractivity contribution in [3.8, 4) is 11.6 Å². The van der Waals surface area contributed by atoms with Gasteiger partial charge in [-0.05, 0) is 36.6 Å². The minimum atomic E-state index is -0.106. The largest absolute Gasteiger partial charge is 0.497 e. The Hall–Kier alpha value is -2.14. The van der Waals surface area contributed by atoms with E-state index in [2.05, 4.69) is 10.3 Å². The smallest absolute Gasteiger partial charge is 0.221 e. The first-order valence-corrected chi connectivity index (χ1v) is 7.00. The fraction of sp³-hybridized carbons (Fsp3) is 0.375. The van der Waals surface area contributed by atoms with Crippen molar-refractivity contribution in [2.24, 2.45) is 0 Å². The lowest BCUT2D eigenvalue weighted by atomic mass is 10.1. The number of rotatable bonds is 4. The van der Waals surface area contributed by atoms with Crippen molar-refractivity contribution in [1.82, 2.24) is 10.3 Å². The van der Waals surface area contributed by atoms with Crippen LogP contribution in [0.2, 0.25) is 0 Å². The number of pyridine rings is 1. The SMILES string of the molecule is COc1ccc2c(O[C@H]3CN[C@H](C(C)=O)C3)nccc2c1. The third-order valence-corrected chi connectivity index (χ3v) is 3.79. The number of carbonyl (C=O) groups excluding carboxylic acids is 1. The molecule has 0 saturated carbocycles. The fourth-order valence-electron chi connectivity index (χ4n) is 2.61. The summed E-state index contributed by atoms with van der Waals surface area (Å²) in [6, 6.07) is 7.61.